The average molecular weight is 393 g/mol. The summed E-state index contributed by atoms with van der Waals surface area (Å²) in [5.41, 5.74) is 3.03. The van der Waals surface area contributed by atoms with E-state index in [4.69, 9.17) is 13.9 Å². The van der Waals surface area contributed by atoms with Gasteiger partial charge in [0, 0.05) is 18.7 Å². The highest BCUT2D eigenvalue weighted by molar-refractivity contribution is 5.83. The SMILES string of the molecule is Cc1ccc(-c2oc3cc(C)ccc3c(=O)c2OCC(=O)N2CCOCC2)cc1. The van der Waals surface area contributed by atoms with Crippen LogP contribution in [0.25, 0.3) is 22.3 Å². The summed E-state index contributed by atoms with van der Waals surface area (Å²) in [7, 11) is 0. The predicted molar refractivity (Wildman–Crippen MR) is 110 cm³/mol. The van der Waals surface area contributed by atoms with Crippen molar-refractivity contribution in [3.63, 3.8) is 0 Å². The van der Waals surface area contributed by atoms with Crippen LogP contribution in [-0.2, 0) is 9.53 Å². The van der Waals surface area contributed by atoms with Gasteiger partial charge in [-0.05, 0) is 31.5 Å². The Morgan fingerprint density at radius 3 is 2.45 bits per heavy atom. The van der Waals surface area contributed by atoms with Gasteiger partial charge >= 0.3 is 0 Å². The molecule has 1 aliphatic heterocycles. The second kappa shape index (κ2) is 8.09. The lowest BCUT2D eigenvalue weighted by molar-refractivity contribution is -0.137. The van der Waals surface area contributed by atoms with Crippen LogP contribution < -0.4 is 10.2 Å². The van der Waals surface area contributed by atoms with Crippen LogP contribution in [0, 0.1) is 13.8 Å². The van der Waals surface area contributed by atoms with Crippen LogP contribution in [0.1, 0.15) is 11.1 Å². The summed E-state index contributed by atoms with van der Waals surface area (Å²) in [6, 6.07) is 13.1. The quantitative estimate of drug-likeness (QED) is 0.680. The minimum absolute atomic E-state index is 0.0619. The number of nitrogens with zero attached hydrogens (tertiary/aromatic N) is 1. The normalized spacial score (nSPS) is 14.2. The molecule has 1 amide bonds. The zero-order chi connectivity index (χ0) is 20.4. The number of carbonyl (C=O) groups excluding carboxylic acids is 1. The van der Waals surface area contributed by atoms with E-state index in [9.17, 15) is 9.59 Å². The number of fused-ring (bicyclic) bond motifs is 1. The van der Waals surface area contributed by atoms with Crippen LogP contribution >= 0.6 is 0 Å². The molecule has 0 bridgehead atoms. The number of rotatable bonds is 4. The lowest BCUT2D eigenvalue weighted by atomic mass is 10.1. The standard InChI is InChI=1S/C23H23NO5/c1-15-3-6-17(7-4-15)22-23(28-14-20(25)24-9-11-27-12-10-24)21(26)18-8-5-16(2)13-19(18)29-22/h3-8,13H,9-12,14H2,1-2H3. The van der Waals surface area contributed by atoms with Gasteiger partial charge in [0.1, 0.15) is 5.58 Å². The summed E-state index contributed by atoms with van der Waals surface area (Å²) in [5.74, 6) is 0.223. The summed E-state index contributed by atoms with van der Waals surface area (Å²) in [6.45, 7) is 5.78. The highest BCUT2D eigenvalue weighted by atomic mass is 16.5. The minimum atomic E-state index is -0.281. The Labute approximate surface area is 168 Å². The van der Waals surface area contributed by atoms with Gasteiger partial charge in [0.25, 0.3) is 5.91 Å². The average Bonchev–Trinajstić information content (AvgIpc) is 2.73. The van der Waals surface area contributed by atoms with Crippen molar-refractivity contribution in [2.24, 2.45) is 0 Å². The van der Waals surface area contributed by atoms with E-state index in [1.54, 1.807) is 11.0 Å². The fraction of sp³-hybridized carbons (Fsp3) is 0.304. The fourth-order valence-electron chi connectivity index (χ4n) is 3.35. The molecule has 3 aromatic rings. The molecule has 0 atom stereocenters. The second-order valence-corrected chi connectivity index (χ2v) is 7.24. The van der Waals surface area contributed by atoms with Crippen molar-refractivity contribution in [2.75, 3.05) is 32.9 Å². The molecule has 2 heterocycles. The van der Waals surface area contributed by atoms with Crippen molar-refractivity contribution < 1.29 is 18.7 Å². The summed E-state index contributed by atoms with van der Waals surface area (Å²) >= 11 is 0. The molecule has 2 aromatic carbocycles. The lowest BCUT2D eigenvalue weighted by Crippen LogP contribution is -2.43. The molecule has 6 heteroatoms. The Balaban J connectivity index is 1.74. The van der Waals surface area contributed by atoms with E-state index in [2.05, 4.69) is 0 Å². The number of hydrogen-bond donors (Lipinski definition) is 0. The smallest absolute Gasteiger partial charge is 0.260 e. The Bertz CT molecular complexity index is 1090. The molecule has 0 N–H and O–H groups in total. The maximum atomic E-state index is 13.2. The zero-order valence-electron chi connectivity index (χ0n) is 16.6. The molecule has 0 spiro atoms. The van der Waals surface area contributed by atoms with Gasteiger partial charge in [0.05, 0.1) is 18.6 Å². The number of carbonyl (C=O) groups is 1. The van der Waals surface area contributed by atoms with Crippen molar-refractivity contribution in [2.45, 2.75) is 13.8 Å². The largest absolute Gasteiger partial charge is 0.476 e. The first kappa shape index (κ1) is 19.2. The molecular formula is C23H23NO5. The minimum Gasteiger partial charge on any atom is -0.476 e. The van der Waals surface area contributed by atoms with Crippen LogP contribution in [0.2, 0.25) is 0 Å². The molecule has 0 radical (unpaired) electrons. The molecule has 0 saturated carbocycles. The number of hydrogen-bond acceptors (Lipinski definition) is 5. The Morgan fingerprint density at radius 1 is 1.03 bits per heavy atom. The molecule has 6 nitrogen and oxygen atoms in total. The van der Waals surface area contributed by atoms with E-state index < -0.39 is 0 Å². The van der Waals surface area contributed by atoms with E-state index >= 15 is 0 Å². The van der Waals surface area contributed by atoms with Gasteiger partial charge in [-0.15, -0.1) is 0 Å². The van der Waals surface area contributed by atoms with Crippen molar-refractivity contribution in [3.8, 4) is 17.1 Å². The topological polar surface area (TPSA) is 69.0 Å². The third-order valence-corrected chi connectivity index (χ3v) is 5.02. The predicted octanol–water partition coefficient (Wildman–Crippen LogP) is 3.31. The first-order valence-corrected chi connectivity index (χ1v) is 9.66. The Morgan fingerprint density at radius 2 is 1.72 bits per heavy atom. The molecule has 0 unspecified atom stereocenters. The van der Waals surface area contributed by atoms with Gasteiger partial charge in [0.15, 0.2) is 12.4 Å². The van der Waals surface area contributed by atoms with Crippen LogP contribution in [0.15, 0.2) is 51.7 Å². The summed E-state index contributed by atoms with van der Waals surface area (Å²) < 4.78 is 17.1. The first-order valence-electron chi connectivity index (χ1n) is 9.66. The van der Waals surface area contributed by atoms with Gasteiger partial charge in [0.2, 0.25) is 11.2 Å². The zero-order valence-corrected chi connectivity index (χ0v) is 16.6. The lowest BCUT2D eigenvalue weighted by Gasteiger charge is -2.26. The number of ether oxygens (including phenoxy) is 2. The number of morpholine rings is 1. The molecule has 1 aliphatic rings. The number of amides is 1. The van der Waals surface area contributed by atoms with Crippen LogP contribution in [-0.4, -0.2) is 43.7 Å². The van der Waals surface area contributed by atoms with Crippen molar-refractivity contribution in [3.05, 3.63) is 63.8 Å². The monoisotopic (exact) mass is 393 g/mol. The fourth-order valence-corrected chi connectivity index (χ4v) is 3.35. The summed E-state index contributed by atoms with van der Waals surface area (Å²) in [5, 5.41) is 0.431. The Kier molecular flexibility index (Phi) is 5.36. The van der Waals surface area contributed by atoms with Gasteiger partial charge in [-0.25, -0.2) is 0 Å². The Hall–Kier alpha value is -3.12. The molecule has 150 valence electrons. The number of benzene rings is 2. The van der Waals surface area contributed by atoms with E-state index in [0.29, 0.717) is 43.0 Å². The highest BCUT2D eigenvalue weighted by Crippen LogP contribution is 2.31. The van der Waals surface area contributed by atoms with Crippen molar-refractivity contribution >= 4 is 16.9 Å². The van der Waals surface area contributed by atoms with E-state index in [1.165, 1.54) is 0 Å². The van der Waals surface area contributed by atoms with E-state index in [1.807, 2.05) is 50.2 Å². The summed E-state index contributed by atoms with van der Waals surface area (Å²) in [4.78, 5) is 27.3. The molecule has 1 fully saturated rings. The van der Waals surface area contributed by atoms with Gasteiger partial charge in [-0.1, -0.05) is 35.9 Å². The van der Waals surface area contributed by atoms with Gasteiger partial charge in [-0.2, -0.15) is 0 Å². The maximum absolute atomic E-state index is 13.2. The number of aryl methyl sites for hydroxylation is 2. The third-order valence-electron chi connectivity index (χ3n) is 5.02. The van der Waals surface area contributed by atoms with Gasteiger partial charge < -0.3 is 18.8 Å². The van der Waals surface area contributed by atoms with Crippen LogP contribution in [0.5, 0.6) is 5.75 Å². The second-order valence-electron chi connectivity index (χ2n) is 7.24. The van der Waals surface area contributed by atoms with Crippen LogP contribution in [0.4, 0.5) is 0 Å². The first-order chi connectivity index (χ1) is 14.0. The molecular weight excluding hydrogens is 370 g/mol. The maximum Gasteiger partial charge on any atom is 0.260 e. The molecule has 1 saturated heterocycles. The van der Waals surface area contributed by atoms with E-state index in [-0.39, 0.29) is 23.7 Å². The molecule has 0 aliphatic carbocycles. The summed E-state index contributed by atoms with van der Waals surface area (Å²) in [6.07, 6.45) is 0. The third kappa shape index (κ3) is 4.03. The van der Waals surface area contributed by atoms with E-state index in [0.717, 1.165) is 16.7 Å². The highest BCUT2D eigenvalue weighted by Gasteiger charge is 2.22. The van der Waals surface area contributed by atoms with Crippen LogP contribution in [0.3, 0.4) is 0 Å². The van der Waals surface area contributed by atoms with Gasteiger partial charge in [-0.3, -0.25) is 9.59 Å². The molecule has 4 rings (SSSR count). The molecule has 1 aromatic heterocycles. The molecule has 29 heavy (non-hydrogen) atoms. The van der Waals surface area contributed by atoms with Crippen molar-refractivity contribution in [1.29, 1.82) is 0 Å². The van der Waals surface area contributed by atoms with Crippen molar-refractivity contribution in [1.82, 2.24) is 4.90 Å².